The second-order valence-corrected chi connectivity index (χ2v) is 7.95. The molecule has 8 heteroatoms. The summed E-state index contributed by atoms with van der Waals surface area (Å²) in [6.07, 6.45) is -3.49. The van der Waals surface area contributed by atoms with E-state index < -0.39 is 36.0 Å². The number of hydrogen-bond donors (Lipinski definition) is 1. The quantitative estimate of drug-likeness (QED) is 0.491. The van der Waals surface area contributed by atoms with Gasteiger partial charge in [0.1, 0.15) is 17.4 Å². The van der Waals surface area contributed by atoms with Crippen molar-refractivity contribution in [2.75, 3.05) is 19.7 Å². The highest BCUT2D eigenvalue weighted by atomic mass is 19.4. The van der Waals surface area contributed by atoms with Gasteiger partial charge in [0.25, 0.3) is 0 Å². The predicted molar refractivity (Wildman–Crippen MR) is 108 cm³/mol. The van der Waals surface area contributed by atoms with E-state index in [9.17, 15) is 13.2 Å². The molecule has 3 nitrogen and oxygen atoms in total. The lowest BCUT2D eigenvalue weighted by molar-refractivity contribution is -0.150. The fourth-order valence-corrected chi connectivity index (χ4v) is 4.31. The molecule has 0 amide bonds. The zero-order valence-corrected chi connectivity index (χ0v) is 17.2. The van der Waals surface area contributed by atoms with Crippen LogP contribution in [0.2, 0.25) is 0 Å². The summed E-state index contributed by atoms with van der Waals surface area (Å²) in [6, 6.07) is 6.52. The van der Waals surface area contributed by atoms with Crippen LogP contribution in [-0.4, -0.2) is 35.8 Å². The maximum Gasteiger partial charge on any atom is 0.401 e. The molecule has 1 N–H and O–H groups in total. The number of rotatable bonds is 5. The second kappa shape index (κ2) is 8.15. The first kappa shape index (κ1) is 21.6. The molecule has 4 rings (SSSR count). The van der Waals surface area contributed by atoms with E-state index in [4.69, 9.17) is 4.74 Å². The van der Waals surface area contributed by atoms with Gasteiger partial charge in [-0.05, 0) is 37.5 Å². The Morgan fingerprint density at radius 3 is 2.48 bits per heavy atom. The van der Waals surface area contributed by atoms with Crippen LogP contribution in [0.25, 0.3) is 10.9 Å². The summed E-state index contributed by atoms with van der Waals surface area (Å²) < 4.78 is 75.4. The Balaban J connectivity index is 1.87. The molecule has 1 aliphatic heterocycles. The Morgan fingerprint density at radius 1 is 1.13 bits per heavy atom. The molecule has 31 heavy (non-hydrogen) atoms. The van der Waals surface area contributed by atoms with Gasteiger partial charge in [0.05, 0.1) is 19.2 Å². The van der Waals surface area contributed by atoms with Crippen LogP contribution in [-0.2, 0) is 6.42 Å². The van der Waals surface area contributed by atoms with Crippen molar-refractivity contribution in [3.05, 3.63) is 64.4 Å². The molecular formula is C23H23F5N2O. The lowest BCUT2D eigenvalue weighted by Crippen LogP contribution is -2.42. The normalized spacial score (nSPS) is 17.2. The molecule has 2 heterocycles. The van der Waals surface area contributed by atoms with E-state index in [0.29, 0.717) is 18.5 Å². The van der Waals surface area contributed by atoms with Crippen LogP contribution in [0.5, 0.6) is 5.75 Å². The summed E-state index contributed by atoms with van der Waals surface area (Å²) in [7, 11) is 0. The van der Waals surface area contributed by atoms with Gasteiger partial charge in [-0.1, -0.05) is 18.6 Å². The standard InChI is InChI=1S/C23H23F5N2O/c1-3-8-31-14-10-17(24)20(18(25)11-14)22-21-15(6-7-30(22)12-23(26,27)28)16-9-13(2)4-5-19(16)29-21/h4-5,9-11,22,29H,3,6-8,12H2,1-2H3/t22-/m0/s1. The number of halogens is 5. The fraction of sp³-hybridized carbons (Fsp3) is 0.391. The van der Waals surface area contributed by atoms with E-state index in [1.54, 1.807) is 0 Å². The van der Waals surface area contributed by atoms with Crippen LogP contribution in [0, 0.1) is 18.6 Å². The van der Waals surface area contributed by atoms with E-state index in [0.717, 1.165) is 39.1 Å². The van der Waals surface area contributed by atoms with E-state index in [1.165, 1.54) is 0 Å². The molecule has 0 spiro atoms. The van der Waals surface area contributed by atoms with Crippen LogP contribution < -0.4 is 4.74 Å². The summed E-state index contributed by atoms with van der Waals surface area (Å²) in [5, 5.41) is 0.871. The molecule has 0 saturated heterocycles. The van der Waals surface area contributed by atoms with Crippen molar-refractivity contribution >= 4 is 10.9 Å². The van der Waals surface area contributed by atoms with Gasteiger partial charge in [0.2, 0.25) is 0 Å². The first-order valence-corrected chi connectivity index (χ1v) is 10.2. The molecule has 2 aromatic carbocycles. The van der Waals surface area contributed by atoms with Gasteiger partial charge in [0, 0.05) is 40.8 Å². The lowest BCUT2D eigenvalue weighted by Gasteiger charge is -2.36. The molecule has 0 radical (unpaired) electrons. The van der Waals surface area contributed by atoms with E-state index in [-0.39, 0.29) is 18.9 Å². The third-order valence-electron chi connectivity index (χ3n) is 5.56. The average molecular weight is 438 g/mol. The van der Waals surface area contributed by atoms with Crippen molar-refractivity contribution < 1.29 is 26.7 Å². The van der Waals surface area contributed by atoms with Gasteiger partial charge in [-0.25, -0.2) is 8.78 Å². The summed E-state index contributed by atoms with van der Waals surface area (Å²) in [6.45, 7) is 2.83. The highest BCUT2D eigenvalue weighted by Gasteiger charge is 2.41. The SMILES string of the molecule is CCCOc1cc(F)c([C@H]2c3[nH]c4ccc(C)cc4c3CCN2CC(F)(F)F)c(F)c1. The van der Waals surface area contributed by atoms with Crippen LogP contribution in [0.1, 0.15) is 41.8 Å². The first-order valence-electron chi connectivity index (χ1n) is 10.2. The Morgan fingerprint density at radius 2 is 1.84 bits per heavy atom. The zero-order valence-electron chi connectivity index (χ0n) is 17.2. The van der Waals surface area contributed by atoms with Crippen molar-refractivity contribution in [2.45, 2.75) is 38.9 Å². The van der Waals surface area contributed by atoms with Gasteiger partial charge in [-0.3, -0.25) is 4.90 Å². The zero-order chi connectivity index (χ0) is 22.3. The Kier molecular flexibility index (Phi) is 5.68. The third-order valence-corrected chi connectivity index (χ3v) is 5.56. The minimum absolute atomic E-state index is 0.0197. The summed E-state index contributed by atoms with van der Waals surface area (Å²) in [5.74, 6) is -1.83. The van der Waals surface area contributed by atoms with Crippen LogP contribution in [0.15, 0.2) is 30.3 Å². The smallest absolute Gasteiger partial charge is 0.401 e. The number of H-pyrrole nitrogens is 1. The fourth-order valence-electron chi connectivity index (χ4n) is 4.31. The van der Waals surface area contributed by atoms with E-state index in [2.05, 4.69) is 4.98 Å². The predicted octanol–water partition coefficient (Wildman–Crippen LogP) is 6.05. The molecule has 1 aromatic heterocycles. The van der Waals surface area contributed by atoms with Gasteiger partial charge in [-0.15, -0.1) is 0 Å². The largest absolute Gasteiger partial charge is 0.493 e. The van der Waals surface area contributed by atoms with Gasteiger partial charge < -0.3 is 9.72 Å². The number of nitrogens with one attached hydrogen (secondary N) is 1. The number of fused-ring (bicyclic) bond motifs is 3. The van der Waals surface area contributed by atoms with Crippen molar-refractivity contribution in [2.24, 2.45) is 0 Å². The maximum absolute atomic E-state index is 15.1. The average Bonchev–Trinajstić information content (AvgIpc) is 3.04. The van der Waals surface area contributed by atoms with Gasteiger partial charge in [0.15, 0.2) is 0 Å². The van der Waals surface area contributed by atoms with Crippen molar-refractivity contribution in [3.8, 4) is 5.75 Å². The molecule has 0 fully saturated rings. The molecule has 0 unspecified atom stereocenters. The van der Waals surface area contributed by atoms with Crippen LogP contribution >= 0.6 is 0 Å². The number of alkyl halides is 3. The number of aryl methyl sites for hydroxylation is 1. The van der Waals surface area contributed by atoms with Gasteiger partial charge in [-0.2, -0.15) is 13.2 Å². The van der Waals surface area contributed by atoms with Crippen molar-refractivity contribution in [1.82, 2.24) is 9.88 Å². The molecule has 0 saturated carbocycles. The Hall–Kier alpha value is -2.61. The first-order chi connectivity index (χ1) is 14.7. The minimum atomic E-state index is -4.50. The minimum Gasteiger partial charge on any atom is -0.493 e. The van der Waals surface area contributed by atoms with E-state index in [1.807, 2.05) is 32.0 Å². The number of ether oxygens (including phenoxy) is 1. The Labute approximate surface area is 176 Å². The number of hydrogen-bond acceptors (Lipinski definition) is 2. The molecule has 166 valence electrons. The molecule has 0 bridgehead atoms. The highest BCUT2D eigenvalue weighted by molar-refractivity contribution is 5.86. The maximum atomic E-state index is 15.1. The lowest BCUT2D eigenvalue weighted by atomic mass is 9.91. The van der Waals surface area contributed by atoms with Crippen molar-refractivity contribution in [1.29, 1.82) is 0 Å². The monoisotopic (exact) mass is 438 g/mol. The number of nitrogens with zero attached hydrogens (tertiary/aromatic N) is 1. The Bertz CT molecular complexity index is 1080. The molecule has 1 aliphatic rings. The van der Waals surface area contributed by atoms with Crippen molar-refractivity contribution in [3.63, 3.8) is 0 Å². The summed E-state index contributed by atoms with van der Waals surface area (Å²) in [4.78, 5) is 4.22. The van der Waals surface area contributed by atoms with Crippen LogP contribution in [0.4, 0.5) is 22.0 Å². The molecule has 0 aliphatic carbocycles. The number of benzene rings is 2. The molecule has 3 aromatic rings. The second-order valence-electron chi connectivity index (χ2n) is 7.95. The topological polar surface area (TPSA) is 28.3 Å². The third kappa shape index (κ3) is 4.26. The molecule has 1 atom stereocenters. The van der Waals surface area contributed by atoms with Gasteiger partial charge >= 0.3 is 6.18 Å². The van der Waals surface area contributed by atoms with E-state index >= 15 is 8.78 Å². The summed E-state index contributed by atoms with van der Waals surface area (Å²) >= 11 is 0. The van der Waals surface area contributed by atoms with Crippen LogP contribution in [0.3, 0.4) is 0 Å². The highest BCUT2D eigenvalue weighted by Crippen LogP contribution is 2.42. The number of aromatic nitrogens is 1. The molecular weight excluding hydrogens is 415 g/mol. The summed E-state index contributed by atoms with van der Waals surface area (Å²) in [5.41, 5.74) is 2.53. The number of aromatic amines is 1.